The van der Waals surface area contributed by atoms with E-state index in [1.807, 2.05) is 12.1 Å². The lowest BCUT2D eigenvalue weighted by molar-refractivity contribution is -0.116. The highest BCUT2D eigenvalue weighted by Crippen LogP contribution is 2.34. The molecule has 1 fully saturated rings. The Balaban J connectivity index is 1.83. The number of nitrogens with zero attached hydrogens (tertiary/aromatic N) is 6. The zero-order chi connectivity index (χ0) is 17.3. The second kappa shape index (κ2) is 6.22. The third-order valence-corrected chi connectivity index (χ3v) is 4.93. The molecule has 1 aliphatic heterocycles. The van der Waals surface area contributed by atoms with E-state index in [1.54, 1.807) is 29.0 Å². The predicted octanol–water partition coefficient (Wildman–Crippen LogP) is 1.04. The van der Waals surface area contributed by atoms with Gasteiger partial charge in [-0.2, -0.15) is 15.6 Å². The van der Waals surface area contributed by atoms with E-state index in [-0.39, 0.29) is 28.1 Å². The van der Waals surface area contributed by atoms with E-state index >= 15 is 0 Å². The maximum atomic E-state index is 12.6. The molecule has 0 aromatic carbocycles. The molecule has 1 atom stereocenters. The van der Waals surface area contributed by atoms with Gasteiger partial charge in [0.15, 0.2) is 0 Å². The number of aromatic nitrogens is 3. The molecule has 9 heteroatoms. The lowest BCUT2D eigenvalue weighted by Gasteiger charge is -2.14. The van der Waals surface area contributed by atoms with E-state index < -0.39 is 0 Å². The standard InChI is InChI=1S/C15H13N7OS/c1-21-8-11(7-19-21)22-3-2-12(15(22)23)24-14-10(6-17)4-9(5-16)13(18)20-14/h4,7-8,12H,2-3H2,1H3,(H2,18,20)/t12-/m1/s1. The first-order valence-corrected chi connectivity index (χ1v) is 7.99. The maximum absolute atomic E-state index is 12.6. The van der Waals surface area contributed by atoms with E-state index in [2.05, 4.69) is 10.1 Å². The van der Waals surface area contributed by atoms with Gasteiger partial charge in [0.1, 0.15) is 23.0 Å². The van der Waals surface area contributed by atoms with Gasteiger partial charge in [0.05, 0.1) is 28.3 Å². The number of amides is 1. The number of carbonyl (C=O) groups is 1. The predicted molar refractivity (Wildman–Crippen MR) is 87.9 cm³/mol. The third-order valence-electron chi connectivity index (χ3n) is 3.67. The Morgan fingerprint density at radius 2 is 2.12 bits per heavy atom. The summed E-state index contributed by atoms with van der Waals surface area (Å²) in [5, 5.41) is 22.3. The van der Waals surface area contributed by atoms with Gasteiger partial charge in [0.25, 0.3) is 0 Å². The molecule has 2 aromatic heterocycles. The Labute approximate surface area is 142 Å². The fourth-order valence-corrected chi connectivity index (χ4v) is 3.57. The van der Waals surface area contributed by atoms with Gasteiger partial charge in [0.2, 0.25) is 5.91 Å². The number of carbonyl (C=O) groups excluding carboxylic acids is 1. The molecule has 0 bridgehead atoms. The summed E-state index contributed by atoms with van der Waals surface area (Å²) < 4.78 is 1.64. The lowest BCUT2D eigenvalue weighted by atomic mass is 10.2. The second-order valence-corrected chi connectivity index (χ2v) is 6.45. The van der Waals surface area contributed by atoms with Crippen molar-refractivity contribution in [3.63, 3.8) is 0 Å². The lowest BCUT2D eigenvalue weighted by Crippen LogP contribution is -2.27. The summed E-state index contributed by atoms with van der Waals surface area (Å²) in [6.45, 7) is 0.579. The van der Waals surface area contributed by atoms with Crippen LogP contribution in [-0.4, -0.2) is 32.5 Å². The van der Waals surface area contributed by atoms with Crippen molar-refractivity contribution in [2.24, 2.45) is 7.05 Å². The zero-order valence-corrected chi connectivity index (χ0v) is 13.6. The zero-order valence-electron chi connectivity index (χ0n) is 12.8. The molecule has 1 amide bonds. The van der Waals surface area contributed by atoms with Crippen LogP contribution in [0.2, 0.25) is 0 Å². The Morgan fingerprint density at radius 3 is 2.75 bits per heavy atom. The molecule has 0 radical (unpaired) electrons. The van der Waals surface area contributed by atoms with Crippen LogP contribution in [0.4, 0.5) is 11.5 Å². The molecule has 1 aliphatic rings. The van der Waals surface area contributed by atoms with Crippen LogP contribution in [0.3, 0.4) is 0 Å². The third kappa shape index (κ3) is 2.77. The molecule has 1 saturated heterocycles. The number of hydrogen-bond acceptors (Lipinski definition) is 7. The Hall–Kier alpha value is -3.04. The molecule has 3 rings (SSSR count). The summed E-state index contributed by atoms with van der Waals surface area (Å²) in [7, 11) is 1.79. The molecule has 24 heavy (non-hydrogen) atoms. The van der Waals surface area contributed by atoms with Gasteiger partial charge in [-0.15, -0.1) is 0 Å². The number of hydrogen-bond donors (Lipinski definition) is 1. The number of thioether (sulfide) groups is 1. The fraction of sp³-hybridized carbons (Fsp3) is 0.267. The van der Waals surface area contributed by atoms with Crippen molar-refractivity contribution >= 4 is 29.2 Å². The van der Waals surface area contributed by atoms with Crippen LogP contribution in [0.5, 0.6) is 0 Å². The smallest absolute Gasteiger partial charge is 0.240 e. The second-order valence-electron chi connectivity index (χ2n) is 5.25. The SMILES string of the molecule is Cn1cc(N2CC[C@@H](Sc3nc(N)c(C#N)cc3C#N)C2=O)cn1. The number of pyridine rings is 1. The van der Waals surface area contributed by atoms with E-state index in [0.717, 1.165) is 5.69 Å². The summed E-state index contributed by atoms with van der Waals surface area (Å²) in [6, 6.07) is 5.31. The van der Waals surface area contributed by atoms with Crippen LogP contribution in [0, 0.1) is 22.7 Å². The Morgan fingerprint density at radius 1 is 1.38 bits per heavy atom. The van der Waals surface area contributed by atoms with Crippen molar-refractivity contribution in [1.29, 1.82) is 10.5 Å². The van der Waals surface area contributed by atoms with Crippen molar-refractivity contribution in [1.82, 2.24) is 14.8 Å². The minimum Gasteiger partial charge on any atom is -0.383 e. The first-order valence-electron chi connectivity index (χ1n) is 7.11. The highest BCUT2D eigenvalue weighted by Gasteiger charge is 2.34. The van der Waals surface area contributed by atoms with Crippen LogP contribution in [0.15, 0.2) is 23.5 Å². The highest BCUT2D eigenvalue weighted by molar-refractivity contribution is 8.00. The fourth-order valence-electron chi connectivity index (χ4n) is 2.47. The molecule has 2 aromatic rings. The molecule has 120 valence electrons. The number of aryl methyl sites for hydroxylation is 1. The summed E-state index contributed by atoms with van der Waals surface area (Å²) in [4.78, 5) is 18.4. The van der Waals surface area contributed by atoms with Crippen molar-refractivity contribution in [2.45, 2.75) is 16.7 Å². The van der Waals surface area contributed by atoms with Crippen molar-refractivity contribution < 1.29 is 4.79 Å². The van der Waals surface area contributed by atoms with Crippen molar-refractivity contribution in [2.75, 3.05) is 17.2 Å². The first kappa shape index (κ1) is 15.8. The molecular weight excluding hydrogens is 326 g/mol. The Bertz CT molecular complexity index is 892. The molecule has 2 N–H and O–H groups in total. The van der Waals surface area contributed by atoms with Crippen LogP contribution in [0.1, 0.15) is 17.5 Å². The molecule has 3 heterocycles. The van der Waals surface area contributed by atoms with Gasteiger partial charge in [-0.1, -0.05) is 11.8 Å². The molecule has 8 nitrogen and oxygen atoms in total. The minimum atomic E-state index is -0.350. The normalized spacial score (nSPS) is 16.9. The van der Waals surface area contributed by atoms with Gasteiger partial charge >= 0.3 is 0 Å². The Kier molecular flexibility index (Phi) is 4.11. The van der Waals surface area contributed by atoms with Gasteiger partial charge in [-0.3, -0.25) is 9.48 Å². The number of rotatable bonds is 3. The molecule has 0 aliphatic carbocycles. The maximum Gasteiger partial charge on any atom is 0.240 e. The molecular formula is C15H13N7OS. The summed E-state index contributed by atoms with van der Waals surface area (Å²) in [6.07, 6.45) is 4.05. The summed E-state index contributed by atoms with van der Waals surface area (Å²) >= 11 is 1.21. The van der Waals surface area contributed by atoms with E-state index in [1.165, 1.54) is 17.8 Å². The van der Waals surface area contributed by atoms with Gasteiger partial charge < -0.3 is 10.6 Å². The number of anilines is 2. The van der Waals surface area contributed by atoms with Gasteiger partial charge in [-0.05, 0) is 12.5 Å². The van der Waals surface area contributed by atoms with Crippen LogP contribution in [-0.2, 0) is 11.8 Å². The molecule has 0 spiro atoms. The van der Waals surface area contributed by atoms with E-state index in [9.17, 15) is 10.1 Å². The van der Waals surface area contributed by atoms with E-state index in [4.69, 9.17) is 11.0 Å². The van der Waals surface area contributed by atoms with Gasteiger partial charge in [-0.25, -0.2) is 4.98 Å². The van der Waals surface area contributed by atoms with Crippen LogP contribution in [0.25, 0.3) is 0 Å². The van der Waals surface area contributed by atoms with Crippen molar-refractivity contribution in [3.05, 3.63) is 29.6 Å². The number of nitrogens with two attached hydrogens (primary N) is 1. The largest absolute Gasteiger partial charge is 0.383 e. The minimum absolute atomic E-state index is 0.0541. The topological polar surface area (TPSA) is 125 Å². The molecule has 0 saturated carbocycles. The molecule has 0 unspecified atom stereocenters. The summed E-state index contributed by atoms with van der Waals surface area (Å²) in [5.41, 5.74) is 6.88. The van der Waals surface area contributed by atoms with Crippen molar-refractivity contribution in [3.8, 4) is 12.1 Å². The number of nitriles is 2. The number of nitrogen functional groups attached to an aromatic ring is 1. The monoisotopic (exact) mass is 339 g/mol. The van der Waals surface area contributed by atoms with Gasteiger partial charge in [0, 0.05) is 19.8 Å². The summed E-state index contributed by atoms with van der Waals surface area (Å²) in [5.74, 6) is 0.00943. The van der Waals surface area contributed by atoms with E-state index in [0.29, 0.717) is 18.0 Å². The van der Waals surface area contributed by atoms with Crippen LogP contribution < -0.4 is 10.6 Å². The highest BCUT2D eigenvalue weighted by atomic mass is 32.2. The average Bonchev–Trinajstić information content (AvgIpc) is 3.14. The van der Waals surface area contributed by atoms with Crippen LogP contribution >= 0.6 is 11.8 Å². The average molecular weight is 339 g/mol. The quantitative estimate of drug-likeness (QED) is 0.885. The first-order chi connectivity index (χ1) is 11.5.